The number of rotatable bonds is 5. The Balaban J connectivity index is 2.77. The predicted octanol–water partition coefficient (Wildman–Crippen LogP) is 2.89. The number of hydrogen-bond donors (Lipinski definition) is 1. The van der Waals surface area contributed by atoms with E-state index in [2.05, 4.69) is 30.6 Å². The smallest absolute Gasteiger partial charge is 0.103 e. The van der Waals surface area contributed by atoms with Crippen LogP contribution in [-0.4, -0.2) is 6.54 Å². The molecule has 0 aliphatic carbocycles. The SMILES string of the molecule is C=C(Cc1ccccc1C(=C)C)NCC#N. The van der Waals surface area contributed by atoms with Crippen molar-refractivity contribution in [3.05, 3.63) is 54.2 Å². The first-order valence-corrected chi connectivity index (χ1v) is 5.17. The van der Waals surface area contributed by atoms with Gasteiger partial charge < -0.3 is 5.32 Å². The minimum Gasteiger partial charge on any atom is -0.376 e. The maximum Gasteiger partial charge on any atom is 0.103 e. The van der Waals surface area contributed by atoms with E-state index in [4.69, 9.17) is 5.26 Å². The lowest BCUT2D eigenvalue weighted by Gasteiger charge is -2.11. The third-order valence-electron chi connectivity index (χ3n) is 2.30. The van der Waals surface area contributed by atoms with Crippen molar-refractivity contribution in [2.45, 2.75) is 13.3 Å². The molecule has 16 heavy (non-hydrogen) atoms. The molecule has 1 aromatic rings. The summed E-state index contributed by atoms with van der Waals surface area (Å²) < 4.78 is 0. The third kappa shape index (κ3) is 3.29. The van der Waals surface area contributed by atoms with Crippen LogP contribution >= 0.6 is 0 Å². The van der Waals surface area contributed by atoms with Crippen LogP contribution in [0.25, 0.3) is 5.57 Å². The number of allylic oxidation sites excluding steroid dienone is 2. The van der Waals surface area contributed by atoms with Crippen molar-refractivity contribution in [3.8, 4) is 6.07 Å². The molecule has 0 spiro atoms. The monoisotopic (exact) mass is 212 g/mol. The van der Waals surface area contributed by atoms with Gasteiger partial charge in [0.25, 0.3) is 0 Å². The van der Waals surface area contributed by atoms with E-state index < -0.39 is 0 Å². The highest BCUT2D eigenvalue weighted by Crippen LogP contribution is 2.18. The Bertz CT molecular complexity index is 438. The molecule has 0 aromatic heterocycles. The Morgan fingerprint density at radius 3 is 2.69 bits per heavy atom. The highest BCUT2D eigenvalue weighted by Gasteiger charge is 2.03. The number of benzene rings is 1. The van der Waals surface area contributed by atoms with Gasteiger partial charge in [-0.1, -0.05) is 43.0 Å². The maximum absolute atomic E-state index is 8.46. The van der Waals surface area contributed by atoms with Crippen molar-refractivity contribution in [2.75, 3.05) is 6.54 Å². The summed E-state index contributed by atoms with van der Waals surface area (Å²) in [6, 6.07) is 10.1. The van der Waals surface area contributed by atoms with Crippen LogP contribution in [0.1, 0.15) is 18.1 Å². The van der Waals surface area contributed by atoms with Gasteiger partial charge in [-0.15, -0.1) is 0 Å². The van der Waals surface area contributed by atoms with Crippen LogP contribution in [0, 0.1) is 11.3 Å². The molecule has 1 aromatic carbocycles. The second-order valence-corrected chi connectivity index (χ2v) is 3.73. The summed E-state index contributed by atoms with van der Waals surface area (Å²) >= 11 is 0. The van der Waals surface area contributed by atoms with Crippen molar-refractivity contribution in [3.63, 3.8) is 0 Å². The Morgan fingerprint density at radius 1 is 1.38 bits per heavy atom. The fourth-order valence-electron chi connectivity index (χ4n) is 1.55. The molecule has 82 valence electrons. The fourth-order valence-corrected chi connectivity index (χ4v) is 1.55. The number of nitrogens with one attached hydrogen (secondary N) is 1. The van der Waals surface area contributed by atoms with Crippen LogP contribution in [0.15, 0.2) is 43.1 Å². The zero-order chi connectivity index (χ0) is 12.0. The van der Waals surface area contributed by atoms with Crippen LogP contribution < -0.4 is 5.32 Å². The van der Waals surface area contributed by atoms with Gasteiger partial charge >= 0.3 is 0 Å². The number of nitriles is 1. The molecule has 0 saturated carbocycles. The Labute approximate surface area is 96.9 Å². The molecule has 0 heterocycles. The van der Waals surface area contributed by atoms with Crippen molar-refractivity contribution < 1.29 is 0 Å². The minimum atomic E-state index is 0.300. The average molecular weight is 212 g/mol. The molecule has 0 unspecified atom stereocenters. The molecule has 0 radical (unpaired) electrons. The molecule has 0 amide bonds. The van der Waals surface area contributed by atoms with Gasteiger partial charge in [0.2, 0.25) is 0 Å². The zero-order valence-corrected chi connectivity index (χ0v) is 9.59. The van der Waals surface area contributed by atoms with Gasteiger partial charge in [0.05, 0.1) is 6.07 Å². The summed E-state index contributed by atoms with van der Waals surface area (Å²) in [4.78, 5) is 0. The van der Waals surface area contributed by atoms with E-state index in [9.17, 15) is 0 Å². The number of nitrogens with zero attached hydrogens (tertiary/aromatic N) is 1. The van der Waals surface area contributed by atoms with Crippen LogP contribution in [-0.2, 0) is 6.42 Å². The molecule has 0 aliphatic heterocycles. The summed E-state index contributed by atoms with van der Waals surface area (Å²) in [7, 11) is 0. The second kappa shape index (κ2) is 5.77. The molecule has 2 heteroatoms. The number of hydrogen-bond acceptors (Lipinski definition) is 2. The quantitative estimate of drug-likeness (QED) is 0.762. The molecule has 2 nitrogen and oxygen atoms in total. The summed E-state index contributed by atoms with van der Waals surface area (Å²) in [6.45, 7) is 10.1. The van der Waals surface area contributed by atoms with Gasteiger partial charge in [0, 0.05) is 12.1 Å². The van der Waals surface area contributed by atoms with Crippen molar-refractivity contribution in [1.29, 1.82) is 5.26 Å². The molecule has 1 N–H and O–H groups in total. The van der Waals surface area contributed by atoms with Gasteiger partial charge in [-0.2, -0.15) is 5.26 Å². The summed E-state index contributed by atoms with van der Waals surface area (Å²) in [5.41, 5.74) is 4.24. The Morgan fingerprint density at radius 2 is 2.06 bits per heavy atom. The van der Waals surface area contributed by atoms with E-state index >= 15 is 0 Å². The molecule has 1 rings (SSSR count). The highest BCUT2D eigenvalue weighted by atomic mass is 14.9. The lowest BCUT2D eigenvalue weighted by Crippen LogP contribution is -2.14. The van der Waals surface area contributed by atoms with Gasteiger partial charge in [-0.3, -0.25) is 0 Å². The lowest BCUT2D eigenvalue weighted by molar-refractivity contribution is 0.869. The van der Waals surface area contributed by atoms with Crippen molar-refractivity contribution in [2.24, 2.45) is 0 Å². The first kappa shape index (κ1) is 12.1. The standard InChI is InChI=1S/C14H16N2/c1-11(2)14-7-5-4-6-13(14)10-12(3)16-9-8-15/h4-7,16H,1,3,9-10H2,2H3. The largest absolute Gasteiger partial charge is 0.376 e. The first-order valence-electron chi connectivity index (χ1n) is 5.17. The molecule has 0 bridgehead atoms. The molecular weight excluding hydrogens is 196 g/mol. The molecule has 0 atom stereocenters. The van der Waals surface area contributed by atoms with Crippen LogP contribution in [0.3, 0.4) is 0 Å². The van der Waals surface area contributed by atoms with Crippen molar-refractivity contribution >= 4 is 5.57 Å². The van der Waals surface area contributed by atoms with E-state index in [0.717, 1.165) is 23.3 Å². The Kier molecular flexibility index (Phi) is 4.35. The molecule has 0 fully saturated rings. The summed E-state index contributed by atoms with van der Waals surface area (Å²) in [6.07, 6.45) is 0.727. The van der Waals surface area contributed by atoms with Gasteiger partial charge in [-0.25, -0.2) is 0 Å². The molecule has 0 aliphatic rings. The van der Waals surface area contributed by atoms with E-state index in [0.29, 0.717) is 6.54 Å². The van der Waals surface area contributed by atoms with E-state index in [1.54, 1.807) is 0 Å². The molecule has 0 saturated heterocycles. The van der Waals surface area contributed by atoms with Crippen LogP contribution in [0.5, 0.6) is 0 Å². The maximum atomic E-state index is 8.46. The van der Waals surface area contributed by atoms with Crippen LogP contribution in [0.4, 0.5) is 0 Å². The predicted molar refractivity (Wildman–Crippen MR) is 67.6 cm³/mol. The average Bonchev–Trinajstić information content (AvgIpc) is 2.27. The topological polar surface area (TPSA) is 35.8 Å². The fraction of sp³-hybridized carbons (Fsp3) is 0.214. The van der Waals surface area contributed by atoms with E-state index in [1.807, 2.05) is 25.1 Å². The first-order chi connectivity index (χ1) is 7.65. The van der Waals surface area contributed by atoms with Gasteiger partial charge in [0.1, 0.15) is 6.54 Å². The van der Waals surface area contributed by atoms with E-state index in [-0.39, 0.29) is 0 Å². The lowest BCUT2D eigenvalue weighted by atomic mass is 9.99. The highest BCUT2D eigenvalue weighted by molar-refractivity contribution is 5.64. The minimum absolute atomic E-state index is 0.300. The van der Waals surface area contributed by atoms with Crippen LogP contribution in [0.2, 0.25) is 0 Å². The summed E-state index contributed by atoms with van der Waals surface area (Å²) in [5, 5.41) is 11.4. The summed E-state index contributed by atoms with van der Waals surface area (Å²) in [5.74, 6) is 0. The second-order valence-electron chi connectivity index (χ2n) is 3.73. The van der Waals surface area contributed by atoms with E-state index in [1.165, 1.54) is 5.56 Å². The molecular formula is C14H16N2. The Hall–Kier alpha value is -2.01. The normalized spacial score (nSPS) is 9.25. The zero-order valence-electron chi connectivity index (χ0n) is 9.59. The van der Waals surface area contributed by atoms with Gasteiger partial charge in [-0.05, 0) is 18.1 Å². The van der Waals surface area contributed by atoms with Gasteiger partial charge in [0.15, 0.2) is 0 Å². The van der Waals surface area contributed by atoms with Crippen molar-refractivity contribution in [1.82, 2.24) is 5.32 Å². The third-order valence-corrected chi connectivity index (χ3v) is 2.30.